The number of nitrogens with two attached hydrogens (primary N) is 1. The summed E-state index contributed by atoms with van der Waals surface area (Å²) < 4.78 is 37.0. The SMILES string of the molecule is COCCOC1=C(N2CC(F)(F)C2)C=CC(C(=O)N[C@@H](CC(C)C)C(N)=O)N1. The Morgan fingerprint density at radius 1 is 1.39 bits per heavy atom. The molecule has 158 valence electrons. The van der Waals surface area contributed by atoms with Crippen molar-refractivity contribution >= 4 is 11.8 Å². The van der Waals surface area contributed by atoms with Gasteiger partial charge in [-0.05, 0) is 18.4 Å². The highest BCUT2D eigenvalue weighted by atomic mass is 19.3. The van der Waals surface area contributed by atoms with Crippen LogP contribution in [0, 0.1) is 5.92 Å². The molecule has 28 heavy (non-hydrogen) atoms. The smallest absolute Gasteiger partial charge is 0.282 e. The van der Waals surface area contributed by atoms with Crippen molar-refractivity contribution in [2.45, 2.75) is 38.3 Å². The fourth-order valence-electron chi connectivity index (χ4n) is 2.93. The second-order valence-electron chi connectivity index (χ2n) is 7.34. The van der Waals surface area contributed by atoms with Crippen LogP contribution >= 0.6 is 0 Å². The van der Waals surface area contributed by atoms with Gasteiger partial charge in [-0.2, -0.15) is 0 Å². The number of hydrogen-bond acceptors (Lipinski definition) is 6. The van der Waals surface area contributed by atoms with E-state index in [1.807, 2.05) is 13.8 Å². The van der Waals surface area contributed by atoms with E-state index >= 15 is 0 Å². The highest BCUT2D eigenvalue weighted by molar-refractivity contribution is 5.90. The second kappa shape index (κ2) is 9.22. The molecule has 0 radical (unpaired) electrons. The van der Waals surface area contributed by atoms with E-state index in [9.17, 15) is 18.4 Å². The van der Waals surface area contributed by atoms with Crippen LogP contribution in [0.3, 0.4) is 0 Å². The van der Waals surface area contributed by atoms with E-state index in [1.54, 1.807) is 6.08 Å². The predicted octanol–water partition coefficient (Wildman–Crippen LogP) is 0.314. The van der Waals surface area contributed by atoms with Crippen LogP contribution in [0.15, 0.2) is 23.7 Å². The molecule has 1 fully saturated rings. The van der Waals surface area contributed by atoms with Gasteiger partial charge in [0.25, 0.3) is 5.92 Å². The number of carbonyl (C=O) groups excluding carboxylic acids is 2. The Morgan fingerprint density at radius 3 is 2.61 bits per heavy atom. The van der Waals surface area contributed by atoms with E-state index in [0.29, 0.717) is 18.7 Å². The van der Waals surface area contributed by atoms with Gasteiger partial charge in [-0.15, -0.1) is 0 Å². The summed E-state index contributed by atoms with van der Waals surface area (Å²) in [4.78, 5) is 25.6. The summed E-state index contributed by atoms with van der Waals surface area (Å²) in [6.07, 6.45) is 3.52. The van der Waals surface area contributed by atoms with Crippen LogP contribution in [0.25, 0.3) is 0 Å². The molecule has 10 heteroatoms. The lowest BCUT2D eigenvalue weighted by Crippen LogP contribution is -2.57. The predicted molar refractivity (Wildman–Crippen MR) is 98.0 cm³/mol. The number of hydrogen-bond donors (Lipinski definition) is 3. The summed E-state index contributed by atoms with van der Waals surface area (Å²) >= 11 is 0. The molecule has 2 heterocycles. The zero-order valence-corrected chi connectivity index (χ0v) is 16.3. The molecule has 2 amide bonds. The fourth-order valence-corrected chi connectivity index (χ4v) is 2.93. The van der Waals surface area contributed by atoms with E-state index in [1.165, 1.54) is 18.1 Å². The van der Waals surface area contributed by atoms with Gasteiger partial charge in [0, 0.05) is 7.11 Å². The van der Waals surface area contributed by atoms with Gasteiger partial charge in [-0.25, -0.2) is 8.78 Å². The van der Waals surface area contributed by atoms with E-state index in [2.05, 4.69) is 10.6 Å². The third kappa shape index (κ3) is 5.82. The van der Waals surface area contributed by atoms with Gasteiger partial charge in [0.05, 0.1) is 25.4 Å². The number of ether oxygens (including phenoxy) is 2. The first-order valence-corrected chi connectivity index (χ1v) is 9.16. The summed E-state index contributed by atoms with van der Waals surface area (Å²) in [5.41, 5.74) is 5.81. The maximum Gasteiger partial charge on any atom is 0.282 e. The fraction of sp³-hybridized carbons (Fsp3) is 0.667. The third-order valence-electron chi connectivity index (χ3n) is 4.33. The van der Waals surface area contributed by atoms with Crippen molar-refractivity contribution in [1.82, 2.24) is 15.5 Å². The van der Waals surface area contributed by atoms with Gasteiger partial charge in [0.1, 0.15) is 18.7 Å². The molecule has 0 aliphatic carbocycles. The molecule has 4 N–H and O–H groups in total. The number of carbonyl (C=O) groups is 2. The molecule has 0 aromatic heterocycles. The number of amides is 2. The first-order chi connectivity index (χ1) is 13.1. The van der Waals surface area contributed by atoms with Gasteiger partial charge < -0.3 is 30.7 Å². The lowest BCUT2D eigenvalue weighted by Gasteiger charge is -2.42. The van der Waals surface area contributed by atoms with Crippen LogP contribution in [-0.2, 0) is 19.1 Å². The summed E-state index contributed by atoms with van der Waals surface area (Å²) in [7, 11) is 1.51. The Bertz CT molecular complexity index is 643. The van der Waals surface area contributed by atoms with Crippen molar-refractivity contribution in [3.8, 4) is 0 Å². The molecule has 0 saturated carbocycles. The molecule has 0 aromatic rings. The molecule has 2 rings (SSSR count). The first kappa shape index (κ1) is 21.9. The molecule has 0 aromatic carbocycles. The van der Waals surface area contributed by atoms with Crippen LogP contribution in [0.5, 0.6) is 0 Å². The lowest BCUT2D eigenvalue weighted by molar-refractivity contribution is -0.128. The standard InChI is InChI=1S/C18H28F2N4O4/c1-11(2)8-13(15(21)25)22-16(26)12-4-5-14(24-9-18(19,20)10-24)17(23-12)28-7-6-27-3/h4-5,11-13,23H,6-10H2,1-3H3,(H2,21,25)(H,22,26)/t12?,13-/m0/s1. The number of dihydropyridines is 1. The van der Waals surface area contributed by atoms with E-state index in [-0.39, 0.29) is 18.4 Å². The van der Waals surface area contributed by atoms with Crippen molar-refractivity contribution in [3.05, 3.63) is 23.7 Å². The van der Waals surface area contributed by atoms with Gasteiger partial charge >= 0.3 is 0 Å². The number of halogens is 2. The monoisotopic (exact) mass is 402 g/mol. The Kier molecular flexibility index (Phi) is 7.22. The zero-order valence-electron chi connectivity index (χ0n) is 16.3. The van der Waals surface area contributed by atoms with Gasteiger partial charge in [0.2, 0.25) is 17.7 Å². The van der Waals surface area contributed by atoms with Crippen LogP contribution in [0.1, 0.15) is 20.3 Å². The molecular weight excluding hydrogens is 374 g/mol. The lowest BCUT2D eigenvalue weighted by atomic mass is 10.0. The van der Waals surface area contributed by atoms with Crippen molar-refractivity contribution < 1.29 is 27.8 Å². The van der Waals surface area contributed by atoms with E-state index in [0.717, 1.165) is 0 Å². The quantitative estimate of drug-likeness (QED) is 0.455. The topological polar surface area (TPSA) is 106 Å². The number of nitrogens with one attached hydrogen (secondary N) is 2. The highest BCUT2D eigenvalue weighted by Gasteiger charge is 2.46. The maximum atomic E-state index is 13.2. The number of primary amides is 1. The normalized spacial score (nSPS) is 21.8. The van der Waals surface area contributed by atoms with Crippen LogP contribution in [0.4, 0.5) is 8.78 Å². The number of likely N-dealkylation sites (tertiary alicyclic amines) is 1. The summed E-state index contributed by atoms with van der Waals surface area (Å²) in [5, 5.41) is 5.53. The van der Waals surface area contributed by atoms with Crippen LogP contribution < -0.4 is 16.4 Å². The Morgan fingerprint density at radius 2 is 2.07 bits per heavy atom. The maximum absolute atomic E-state index is 13.2. The Labute approximate surface area is 163 Å². The number of rotatable bonds is 10. The number of nitrogens with zero attached hydrogens (tertiary/aromatic N) is 1. The molecule has 1 unspecified atom stereocenters. The first-order valence-electron chi connectivity index (χ1n) is 9.16. The van der Waals surface area contributed by atoms with Gasteiger partial charge in [-0.3, -0.25) is 9.59 Å². The van der Waals surface area contributed by atoms with E-state index < -0.39 is 42.9 Å². The largest absolute Gasteiger partial charge is 0.475 e. The molecule has 2 aliphatic heterocycles. The minimum Gasteiger partial charge on any atom is -0.475 e. The minimum absolute atomic E-state index is 0.167. The van der Waals surface area contributed by atoms with Crippen molar-refractivity contribution in [2.24, 2.45) is 11.7 Å². The van der Waals surface area contributed by atoms with Crippen LogP contribution in [0.2, 0.25) is 0 Å². The number of allylic oxidation sites excluding steroid dienone is 1. The van der Waals surface area contributed by atoms with Crippen molar-refractivity contribution in [3.63, 3.8) is 0 Å². The molecule has 8 nitrogen and oxygen atoms in total. The third-order valence-corrected chi connectivity index (χ3v) is 4.33. The molecule has 1 saturated heterocycles. The average molecular weight is 402 g/mol. The number of alkyl halides is 2. The highest BCUT2D eigenvalue weighted by Crippen LogP contribution is 2.32. The summed E-state index contributed by atoms with van der Waals surface area (Å²) in [5.74, 6) is -3.42. The van der Waals surface area contributed by atoms with E-state index in [4.69, 9.17) is 15.2 Å². The van der Waals surface area contributed by atoms with Gasteiger partial charge in [0.15, 0.2) is 0 Å². The minimum atomic E-state index is -2.74. The van der Waals surface area contributed by atoms with Crippen molar-refractivity contribution in [2.75, 3.05) is 33.4 Å². The summed E-state index contributed by atoms with van der Waals surface area (Å²) in [6, 6.07) is -1.61. The molecule has 0 spiro atoms. The molecule has 2 aliphatic rings. The Hall–Kier alpha value is -2.36. The molecule has 2 atom stereocenters. The second-order valence-corrected chi connectivity index (χ2v) is 7.34. The van der Waals surface area contributed by atoms with Crippen LogP contribution in [-0.4, -0.2) is 68.1 Å². The zero-order chi connectivity index (χ0) is 20.9. The average Bonchev–Trinajstić information content (AvgIpc) is 2.58. The molecule has 0 bridgehead atoms. The van der Waals surface area contributed by atoms with Crippen molar-refractivity contribution in [1.29, 1.82) is 0 Å². The molecular formula is C18H28F2N4O4. The summed E-state index contributed by atoms with van der Waals surface area (Å²) in [6.45, 7) is 3.49. The van der Waals surface area contributed by atoms with Gasteiger partial charge in [-0.1, -0.05) is 19.9 Å². The number of methoxy groups -OCH3 is 1. The Balaban J connectivity index is 2.06.